The van der Waals surface area contributed by atoms with E-state index < -0.39 is 6.10 Å². The number of rotatable bonds is 11. The van der Waals surface area contributed by atoms with Crippen molar-refractivity contribution < 1.29 is 20.1 Å². The van der Waals surface area contributed by atoms with Gasteiger partial charge in [-0.15, -0.1) is 0 Å². The van der Waals surface area contributed by atoms with E-state index >= 15 is 0 Å². The number of aryl methyl sites for hydroxylation is 2. The third-order valence-electron chi connectivity index (χ3n) is 6.54. The topological polar surface area (TPSA) is 102 Å². The average Bonchev–Trinajstić information content (AvgIpc) is 2.85. The summed E-state index contributed by atoms with van der Waals surface area (Å²) in [6.45, 7) is 8.88. The van der Waals surface area contributed by atoms with Gasteiger partial charge < -0.3 is 26.0 Å². The van der Waals surface area contributed by atoms with Gasteiger partial charge in [-0.05, 0) is 92.6 Å². The summed E-state index contributed by atoms with van der Waals surface area (Å²) < 4.78 is 0. The van der Waals surface area contributed by atoms with Gasteiger partial charge in [-0.25, -0.2) is 0 Å². The zero-order chi connectivity index (χ0) is 26.3. The SMILES string of the molecule is Cc1ccc(CCNC(=O)c2cccc(CC(C)(C)NC[C@@H](O)c3ccc(O)c(CO)c3)c2)cc1C. The van der Waals surface area contributed by atoms with Gasteiger partial charge in [0.25, 0.3) is 5.91 Å². The number of amides is 1. The largest absolute Gasteiger partial charge is 0.508 e. The summed E-state index contributed by atoms with van der Waals surface area (Å²) in [6.07, 6.45) is 0.665. The van der Waals surface area contributed by atoms with Crippen molar-refractivity contribution >= 4 is 5.91 Å². The van der Waals surface area contributed by atoms with Crippen LogP contribution in [0, 0.1) is 13.8 Å². The number of aromatic hydroxyl groups is 1. The summed E-state index contributed by atoms with van der Waals surface area (Å²) in [5.41, 5.74) is 6.06. The Morgan fingerprint density at radius 3 is 2.47 bits per heavy atom. The molecule has 0 fully saturated rings. The van der Waals surface area contributed by atoms with E-state index in [0.717, 1.165) is 12.0 Å². The van der Waals surface area contributed by atoms with Gasteiger partial charge in [0.2, 0.25) is 0 Å². The van der Waals surface area contributed by atoms with Crippen LogP contribution in [0.1, 0.15) is 63.7 Å². The van der Waals surface area contributed by atoms with E-state index in [1.807, 2.05) is 38.1 Å². The van der Waals surface area contributed by atoms with Gasteiger partial charge in [0.1, 0.15) is 5.75 Å². The van der Waals surface area contributed by atoms with Crippen molar-refractivity contribution in [1.29, 1.82) is 0 Å². The lowest BCUT2D eigenvalue weighted by Crippen LogP contribution is -2.43. The van der Waals surface area contributed by atoms with Crippen LogP contribution in [0.2, 0.25) is 0 Å². The zero-order valence-corrected chi connectivity index (χ0v) is 21.6. The van der Waals surface area contributed by atoms with Crippen LogP contribution < -0.4 is 10.6 Å². The van der Waals surface area contributed by atoms with Crippen molar-refractivity contribution in [3.63, 3.8) is 0 Å². The molecule has 6 heteroatoms. The normalized spacial score (nSPS) is 12.4. The second kappa shape index (κ2) is 12.2. The quantitative estimate of drug-likeness (QED) is 0.278. The van der Waals surface area contributed by atoms with E-state index in [1.165, 1.54) is 22.8 Å². The van der Waals surface area contributed by atoms with E-state index in [0.29, 0.717) is 36.2 Å². The highest BCUT2D eigenvalue weighted by atomic mass is 16.3. The maximum atomic E-state index is 12.7. The van der Waals surface area contributed by atoms with Gasteiger partial charge in [0, 0.05) is 29.8 Å². The molecule has 3 rings (SSSR count). The first-order valence-electron chi connectivity index (χ1n) is 12.4. The van der Waals surface area contributed by atoms with Crippen molar-refractivity contribution in [2.45, 2.75) is 58.8 Å². The second-order valence-electron chi connectivity index (χ2n) is 10.1. The molecule has 6 nitrogen and oxygen atoms in total. The standard InChI is InChI=1S/C30H38N2O4/c1-20-8-9-22(14-21(20)2)12-13-31-29(36)25-7-5-6-23(15-25)17-30(3,4)32-18-28(35)24-10-11-27(34)26(16-24)19-33/h5-11,14-16,28,32-35H,12-13,17-19H2,1-4H3,(H,31,36)/t28-/m1/s1. The molecule has 0 saturated heterocycles. The van der Waals surface area contributed by atoms with Crippen LogP contribution in [-0.4, -0.2) is 39.9 Å². The minimum absolute atomic E-state index is 0.0101. The second-order valence-corrected chi connectivity index (χ2v) is 10.1. The monoisotopic (exact) mass is 490 g/mol. The van der Waals surface area contributed by atoms with Gasteiger partial charge in [-0.2, -0.15) is 0 Å². The number of carbonyl (C=O) groups is 1. The average molecular weight is 491 g/mol. The highest BCUT2D eigenvalue weighted by Crippen LogP contribution is 2.23. The molecular weight excluding hydrogens is 452 g/mol. The molecule has 0 heterocycles. The first kappa shape index (κ1) is 27.4. The first-order valence-corrected chi connectivity index (χ1v) is 12.4. The van der Waals surface area contributed by atoms with Gasteiger partial charge in [0.05, 0.1) is 12.7 Å². The predicted octanol–water partition coefficient (Wildman–Crippen LogP) is 4.12. The lowest BCUT2D eigenvalue weighted by atomic mass is 9.93. The van der Waals surface area contributed by atoms with E-state index in [2.05, 4.69) is 42.7 Å². The summed E-state index contributed by atoms with van der Waals surface area (Å²) in [6, 6.07) is 18.8. The third kappa shape index (κ3) is 7.65. The number of carbonyl (C=O) groups excluding carboxylic acids is 1. The maximum Gasteiger partial charge on any atom is 0.251 e. The fourth-order valence-corrected chi connectivity index (χ4v) is 4.21. The van der Waals surface area contributed by atoms with E-state index in [9.17, 15) is 20.1 Å². The molecule has 192 valence electrons. The van der Waals surface area contributed by atoms with Crippen LogP contribution in [0.25, 0.3) is 0 Å². The molecule has 1 amide bonds. The first-order chi connectivity index (χ1) is 17.1. The fourth-order valence-electron chi connectivity index (χ4n) is 4.21. The summed E-state index contributed by atoms with van der Waals surface area (Å²) in [5.74, 6) is -0.0789. The Morgan fingerprint density at radius 1 is 0.972 bits per heavy atom. The molecule has 0 aliphatic carbocycles. The Kier molecular flexibility index (Phi) is 9.26. The van der Waals surface area contributed by atoms with Crippen LogP contribution in [0.5, 0.6) is 5.75 Å². The van der Waals surface area contributed by atoms with Crippen molar-refractivity contribution in [1.82, 2.24) is 10.6 Å². The molecule has 0 aliphatic rings. The van der Waals surface area contributed by atoms with E-state index in [4.69, 9.17) is 0 Å². The molecule has 0 saturated carbocycles. The summed E-state index contributed by atoms with van der Waals surface area (Å²) in [5, 5.41) is 36.1. The van der Waals surface area contributed by atoms with E-state index in [-0.39, 0.29) is 23.8 Å². The van der Waals surface area contributed by atoms with Gasteiger partial charge in [0.15, 0.2) is 0 Å². The van der Waals surface area contributed by atoms with Crippen LogP contribution in [0.3, 0.4) is 0 Å². The summed E-state index contributed by atoms with van der Waals surface area (Å²) in [4.78, 5) is 12.7. The zero-order valence-electron chi connectivity index (χ0n) is 21.6. The van der Waals surface area contributed by atoms with Gasteiger partial charge in [-0.1, -0.05) is 36.4 Å². The minimum atomic E-state index is -0.787. The number of nitrogens with one attached hydrogen (secondary N) is 2. The summed E-state index contributed by atoms with van der Waals surface area (Å²) >= 11 is 0. The number of hydrogen-bond donors (Lipinski definition) is 5. The molecule has 1 atom stereocenters. The molecular formula is C30H38N2O4. The molecule has 36 heavy (non-hydrogen) atoms. The number of aliphatic hydroxyl groups excluding tert-OH is 2. The molecule has 3 aromatic carbocycles. The van der Waals surface area contributed by atoms with E-state index in [1.54, 1.807) is 12.1 Å². The highest BCUT2D eigenvalue weighted by molar-refractivity contribution is 5.94. The molecule has 0 aromatic heterocycles. The van der Waals surface area contributed by atoms with Crippen molar-refractivity contribution in [2.24, 2.45) is 0 Å². The van der Waals surface area contributed by atoms with Gasteiger partial charge >= 0.3 is 0 Å². The fraction of sp³-hybridized carbons (Fsp3) is 0.367. The van der Waals surface area contributed by atoms with Crippen LogP contribution in [0.4, 0.5) is 0 Å². The Labute approximate surface area is 214 Å². The van der Waals surface area contributed by atoms with Crippen molar-refractivity contribution in [3.05, 3.63) is 99.6 Å². The Hall–Kier alpha value is -3.19. The molecule has 3 aromatic rings. The molecule has 0 radical (unpaired) electrons. The van der Waals surface area contributed by atoms with Crippen molar-refractivity contribution in [2.75, 3.05) is 13.1 Å². The number of aliphatic hydroxyl groups is 2. The maximum absolute atomic E-state index is 12.7. The minimum Gasteiger partial charge on any atom is -0.508 e. The third-order valence-corrected chi connectivity index (χ3v) is 6.54. The highest BCUT2D eigenvalue weighted by Gasteiger charge is 2.21. The Balaban J connectivity index is 1.53. The van der Waals surface area contributed by atoms with Crippen LogP contribution >= 0.6 is 0 Å². The lowest BCUT2D eigenvalue weighted by Gasteiger charge is -2.28. The van der Waals surface area contributed by atoms with Gasteiger partial charge in [-0.3, -0.25) is 4.79 Å². The molecule has 5 N–H and O–H groups in total. The van der Waals surface area contributed by atoms with Crippen LogP contribution in [0.15, 0.2) is 60.7 Å². The molecule has 0 spiro atoms. The Morgan fingerprint density at radius 2 is 1.75 bits per heavy atom. The number of benzene rings is 3. The smallest absolute Gasteiger partial charge is 0.251 e. The Bertz CT molecular complexity index is 1190. The molecule has 0 unspecified atom stereocenters. The molecule has 0 aliphatic heterocycles. The van der Waals surface area contributed by atoms with Crippen molar-refractivity contribution in [3.8, 4) is 5.75 Å². The van der Waals surface area contributed by atoms with Crippen LogP contribution in [-0.2, 0) is 19.4 Å². The summed E-state index contributed by atoms with van der Waals surface area (Å²) in [7, 11) is 0. The number of β-amino-alcohol motifs (C(OH)–C–C–N with tert-alkyl or cyclic N) is 1. The predicted molar refractivity (Wildman–Crippen MR) is 143 cm³/mol. The number of hydrogen-bond acceptors (Lipinski definition) is 5. The lowest BCUT2D eigenvalue weighted by molar-refractivity contribution is 0.0954. The number of phenols is 1. The molecule has 0 bridgehead atoms.